The molecule has 0 spiro atoms. The molecule has 0 heterocycles. The molecular formula is C12H28N2. The molecule has 2 nitrogen and oxygen atoms in total. The molecule has 0 saturated heterocycles. The van der Waals surface area contributed by atoms with E-state index in [1.165, 1.54) is 25.8 Å². The average Bonchev–Trinajstić information content (AvgIpc) is 2.12. The van der Waals surface area contributed by atoms with E-state index in [0.29, 0.717) is 12.1 Å². The van der Waals surface area contributed by atoms with Crippen LogP contribution in [0.15, 0.2) is 0 Å². The summed E-state index contributed by atoms with van der Waals surface area (Å²) in [6.07, 6.45) is 4.00. The van der Waals surface area contributed by atoms with Gasteiger partial charge in [0.1, 0.15) is 0 Å². The second kappa shape index (κ2) is 8.25. The summed E-state index contributed by atoms with van der Waals surface area (Å²) in [5.74, 6) is 0. The second-order valence-corrected chi connectivity index (χ2v) is 4.45. The van der Waals surface area contributed by atoms with E-state index in [2.05, 4.69) is 37.9 Å². The predicted molar refractivity (Wildman–Crippen MR) is 64.8 cm³/mol. The van der Waals surface area contributed by atoms with Crippen LogP contribution in [0.5, 0.6) is 0 Å². The molecule has 0 aromatic carbocycles. The molecule has 0 aromatic heterocycles. The standard InChI is InChI=1S/C12H28N2/c1-6-7-8-9-14(11(2)3)12(4)10-13-5/h11-13H,6-10H2,1-5H3. The molecule has 14 heavy (non-hydrogen) atoms. The van der Waals surface area contributed by atoms with Crippen molar-refractivity contribution in [3.8, 4) is 0 Å². The molecule has 2 heteroatoms. The highest BCUT2D eigenvalue weighted by molar-refractivity contribution is 4.72. The maximum absolute atomic E-state index is 3.25. The van der Waals surface area contributed by atoms with Crippen molar-refractivity contribution in [1.29, 1.82) is 0 Å². The lowest BCUT2D eigenvalue weighted by Gasteiger charge is -2.32. The summed E-state index contributed by atoms with van der Waals surface area (Å²) < 4.78 is 0. The quantitative estimate of drug-likeness (QED) is 0.606. The number of unbranched alkanes of at least 4 members (excludes halogenated alkanes) is 2. The van der Waals surface area contributed by atoms with Crippen molar-refractivity contribution in [3.05, 3.63) is 0 Å². The van der Waals surface area contributed by atoms with Gasteiger partial charge in [0.2, 0.25) is 0 Å². The van der Waals surface area contributed by atoms with Gasteiger partial charge in [0, 0.05) is 18.6 Å². The molecule has 0 bridgehead atoms. The molecule has 86 valence electrons. The number of rotatable bonds is 8. The number of hydrogen-bond acceptors (Lipinski definition) is 2. The van der Waals surface area contributed by atoms with Crippen LogP contribution in [-0.4, -0.2) is 37.1 Å². The fourth-order valence-corrected chi connectivity index (χ4v) is 1.94. The lowest BCUT2D eigenvalue weighted by atomic mass is 10.1. The van der Waals surface area contributed by atoms with Gasteiger partial charge in [-0.15, -0.1) is 0 Å². The molecule has 0 amide bonds. The summed E-state index contributed by atoms with van der Waals surface area (Å²) >= 11 is 0. The third-order valence-electron chi connectivity index (χ3n) is 2.75. The third kappa shape index (κ3) is 5.61. The number of hydrogen-bond donors (Lipinski definition) is 1. The Balaban J connectivity index is 3.88. The van der Waals surface area contributed by atoms with Gasteiger partial charge >= 0.3 is 0 Å². The number of likely N-dealkylation sites (N-methyl/N-ethyl adjacent to an activating group) is 1. The Morgan fingerprint density at radius 2 is 1.79 bits per heavy atom. The highest BCUT2D eigenvalue weighted by Crippen LogP contribution is 2.07. The van der Waals surface area contributed by atoms with Crippen LogP contribution in [0.3, 0.4) is 0 Å². The Morgan fingerprint density at radius 1 is 1.14 bits per heavy atom. The van der Waals surface area contributed by atoms with E-state index in [1.807, 2.05) is 7.05 Å². The fourth-order valence-electron chi connectivity index (χ4n) is 1.94. The summed E-state index contributed by atoms with van der Waals surface area (Å²) in [6, 6.07) is 1.31. The van der Waals surface area contributed by atoms with Crippen molar-refractivity contribution < 1.29 is 0 Å². The summed E-state index contributed by atoms with van der Waals surface area (Å²) in [7, 11) is 2.03. The van der Waals surface area contributed by atoms with Gasteiger partial charge in [-0.2, -0.15) is 0 Å². The minimum Gasteiger partial charge on any atom is -0.318 e. The van der Waals surface area contributed by atoms with Crippen molar-refractivity contribution in [2.24, 2.45) is 0 Å². The molecule has 1 atom stereocenters. The zero-order valence-corrected chi connectivity index (χ0v) is 10.6. The Morgan fingerprint density at radius 3 is 2.21 bits per heavy atom. The molecule has 0 aliphatic heterocycles. The Bertz CT molecular complexity index is 123. The first-order chi connectivity index (χ1) is 6.63. The zero-order valence-electron chi connectivity index (χ0n) is 10.6. The molecule has 0 aliphatic carbocycles. The van der Waals surface area contributed by atoms with Crippen molar-refractivity contribution in [2.45, 2.75) is 59.0 Å². The van der Waals surface area contributed by atoms with Crippen molar-refractivity contribution in [3.63, 3.8) is 0 Å². The SMILES string of the molecule is CCCCCN(C(C)C)C(C)CNC. The van der Waals surface area contributed by atoms with Gasteiger partial charge in [0.05, 0.1) is 0 Å². The Hall–Kier alpha value is -0.0800. The molecule has 0 aliphatic rings. The Labute approximate surface area is 90.1 Å². The molecule has 0 fully saturated rings. The van der Waals surface area contributed by atoms with Crippen molar-refractivity contribution in [1.82, 2.24) is 10.2 Å². The van der Waals surface area contributed by atoms with E-state index in [0.717, 1.165) is 6.54 Å². The normalized spacial score (nSPS) is 13.9. The van der Waals surface area contributed by atoms with E-state index >= 15 is 0 Å². The van der Waals surface area contributed by atoms with Crippen LogP contribution in [-0.2, 0) is 0 Å². The van der Waals surface area contributed by atoms with Crippen LogP contribution in [0.25, 0.3) is 0 Å². The average molecular weight is 200 g/mol. The number of nitrogens with one attached hydrogen (secondary N) is 1. The van der Waals surface area contributed by atoms with Gasteiger partial charge in [-0.25, -0.2) is 0 Å². The van der Waals surface area contributed by atoms with Gasteiger partial charge in [0.15, 0.2) is 0 Å². The van der Waals surface area contributed by atoms with Crippen LogP contribution in [0.1, 0.15) is 47.0 Å². The lowest BCUT2D eigenvalue weighted by Crippen LogP contribution is -2.44. The van der Waals surface area contributed by atoms with Crippen LogP contribution in [0, 0.1) is 0 Å². The zero-order chi connectivity index (χ0) is 11.0. The smallest absolute Gasteiger partial charge is 0.0194 e. The monoisotopic (exact) mass is 200 g/mol. The van der Waals surface area contributed by atoms with Crippen LogP contribution < -0.4 is 5.32 Å². The molecule has 1 unspecified atom stereocenters. The van der Waals surface area contributed by atoms with E-state index in [-0.39, 0.29) is 0 Å². The van der Waals surface area contributed by atoms with Gasteiger partial charge in [-0.05, 0) is 40.8 Å². The maximum atomic E-state index is 3.25. The summed E-state index contributed by atoms with van der Waals surface area (Å²) in [4.78, 5) is 2.59. The van der Waals surface area contributed by atoms with Crippen LogP contribution >= 0.6 is 0 Å². The minimum absolute atomic E-state index is 0.650. The summed E-state index contributed by atoms with van der Waals surface area (Å²) in [6.45, 7) is 11.5. The van der Waals surface area contributed by atoms with Gasteiger partial charge in [-0.3, -0.25) is 4.90 Å². The van der Waals surface area contributed by atoms with E-state index < -0.39 is 0 Å². The first-order valence-corrected chi connectivity index (χ1v) is 6.03. The van der Waals surface area contributed by atoms with Crippen LogP contribution in [0.2, 0.25) is 0 Å². The van der Waals surface area contributed by atoms with Gasteiger partial charge in [-0.1, -0.05) is 19.8 Å². The lowest BCUT2D eigenvalue weighted by molar-refractivity contribution is 0.159. The van der Waals surface area contributed by atoms with E-state index in [4.69, 9.17) is 0 Å². The summed E-state index contributed by atoms with van der Waals surface area (Å²) in [5, 5.41) is 3.25. The van der Waals surface area contributed by atoms with Gasteiger partial charge in [0.25, 0.3) is 0 Å². The highest BCUT2D eigenvalue weighted by Gasteiger charge is 2.15. The third-order valence-corrected chi connectivity index (χ3v) is 2.75. The topological polar surface area (TPSA) is 15.3 Å². The molecule has 0 rings (SSSR count). The number of nitrogens with zero attached hydrogens (tertiary/aromatic N) is 1. The van der Waals surface area contributed by atoms with Gasteiger partial charge < -0.3 is 5.32 Å². The van der Waals surface area contributed by atoms with Crippen molar-refractivity contribution in [2.75, 3.05) is 20.1 Å². The maximum Gasteiger partial charge on any atom is 0.0194 e. The first-order valence-electron chi connectivity index (χ1n) is 6.03. The predicted octanol–water partition coefficient (Wildman–Crippen LogP) is 2.49. The van der Waals surface area contributed by atoms with E-state index in [9.17, 15) is 0 Å². The highest BCUT2D eigenvalue weighted by atomic mass is 15.2. The largest absolute Gasteiger partial charge is 0.318 e. The van der Waals surface area contributed by atoms with Crippen LogP contribution in [0.4, 0.5) is 0 Å². The summed E-state index contributed by atoms with van der Waals surface area (Å²) in [5.41, 5.74) is 0. The first kappa shape index (κ1) is 13.9. The fraction of sp³-hybridized carbons (Fsp3) is 1.00. The molecule has 0 aromatic rings. The Kier molecular flexibility index (Phi) is 8.20. The van der Waals surface area contributed by atoms with Crippen molar-refractivity contribution >= 4 is 0 Å². The van der Waals surface area contributed by atoms with E-state index in [1.54, 1.807) is 0 Å². The molecule has 1 N–H and O–H groups in total. The second-order valence-electron chi connectivity index (χ2n) is 4.45. The molecule has 0 radical (unpaired) electrons. The minimum atomic E-state index is 0.650. The molecule has 0 saturated carbocycles. The molecular weight excluding hydrogens is 172 g/mol.